The average molecular weight is 432 g/mol. The van der Waals surface area contributed by atoms with Crippen molar-refractivity contribution in [3.63, 3.8) is 0 Å². The molecule has 0 aliphatic heterocycles. The molecule has 158 valence electrons. The van der Waals surface area contributed by atoms with Crippen molar-refractivity contribution in [3.8, 4) is 5.75 Å². The maximum atomic E-state index is 13.4. The van der Waals surface area contributed by atoms with Gasteiger partial charge in [0.05, 0.1) is 33.5 Å². The molecule has 0 aliphatic carbocycles. The van der Waals surface area contributed by atoms with E-state index in [4.69, 9.17) is 22.8 Å². The van der Waals surface area contributed by atoms with Crippen LogP contribution in [0.15, 0.2) is 41.5 Å². The molecular formula is C19H30O7P2. The molecule has 9 heteroatoms. The highest BCUT2D eigenvalue weighted by atomic mass is 31.2. The van der Waals surface area contributed by atoms with Gasteiger partial charge in [0.15, 0.2) is 5.06 Å². The maximum Gasteiger partial charge on any atom is 0.369 e. The summed E-state index contributed by atoms with van der Waals surface area (Å²) in [5, 5.41) is -0.126. The molecule has 0 bridgehead atoms. The van der Waals surface area contributed by atoms with Crippen LogP contribution in [0.5, 0.6) is 5.75 Å². The summed E-state index contributed by atoms with van der Waals surface area (Å²) in [6, 6.07) is 7.40. The monoisotopic (exact) mass is 432 g/mol. The van der Waals surface area contributed by atoms with Gasteiger partial charge in [-0.2, -0.15) is 0 Å². The quantitative estimate of drug-likeness (QED) is 0.276. The number of ether oxygens (including phenoxy) is 1. The third-order valence-electron chi connectivity index (χ3n) is 3.42. The van der Waals surface area contributed by atoms with Gasteiger partial charge in [0.1, 0.15) is 5.75 Å². The van der Waals surface area contributed by atoms with E-state index in [9.17, 15) is 9.13 Å². The number of hydrogen-bond donors (Lipinski definition) is 0. The van der Waals surface area contributed by atoms with Crippen molar-refractivity contribution in [2.24, 2.45) is 0 Å². The summed E-state index contributed by atoms with van der Waals surface area (Å²) in [7, 11) is -6.20. The van der Waals surface area contributed by atoms with Crippen LogP contribution in [-0.2, 0) is 27.2 Å². The van der Waals surface area contributed by atoms with Gasteiger partial charge >= 0.3 is 15.2 Å². The van der Waals surface area contributed by atoms with Crippen LogP contribution in [0.3, 0.4) is 0 Å². The van der Waals surface area contributed by atoms with Crippen LogP contribution < -0.4 is 4.74 Å². The van der Waals surface area contributed by atoms with Crippen LogP contribution in [0.4, 0.5) is 0 Å². The molecule has 0 unspecified atom stereocenters. The van der Waals surface area contributed by atoms with E-state index in [1.54, 1.807) is 47.0 Å². The summed E-state index contributed by atoms with van der Waals surface area (Å²) >= 11 is 0. The largest absolute Gasteiger partial charge is 0.496 e. The standard InChI is InChI=1S/C19H30O7P2/c1-6-23-27(20,24-7-2)19(28(21,25-8-3)26-9-4)16-12-14-17-13-10-11-15-18(17)22-5/h10-16H,6-9H2,1-5H3/b14-12+. The van der Waals surface area contributed by atoms with Crippen molar-refractivity contribution in [3.05, 3.63) is 47.0 Å². The second-order valence-electron chi connectivity index (χ2n) is 5.29. The third kappa shape index (κ3) is 6.70. The predicted molar refractivity (Wildman–Crippen MR) is 112 cm³/mol. The highest BCUT2D eigenvalue weighted by Crippen LogP contribution is 2.73. The number of benzene rings is 1. The molecule has 28 heavy (non-hydrogen) atoms. The van der Waals surface area contributed by atoms with Gasteiger partial charge in [0.25, 0.3) is 0 Å². The van der Waals surface area contributed by atoms with E-state index < -0.39 is 15.2 Å². The molecule has 0 radical (unpaired) electrons. The summed E-state index contributed by atoms with van der Waals surface area (Å²) in [5.74, 6) is 0.671. The lowest BCUT2D eigenvalue weighted by atomic mass is 10.2. The molecule has 0 aromatic heterocycles. The third-order valence-corrected chi connectivity index (χ3v) is 8.70. The normalized spacial score (nSPS) is 12.3. The first kappa shape index (κ1) is 24.8. The van der Waals surface area contributed by atoms with Crippen molar-refractivity contribution in [2.75, 3.05) is 33.5 Å². The molecule has 0 atom stereocenters. The first-order valence-electron chi connectivity index (χ1n) is 9.21. The second kappa shape index (κ2) is 12.4. The Hall–Kier alpha value is -1.20. The van der Waals surface area contributed by atoms with E-state index >= 15 is 0 Å². The number of rotatable bonds is 13. The lowest BCUT2D eigenvalue weighted by molar-refractivity contribution is 0.214. The smallest absolute Gasteiger partial charge is 0.369 e. The molecule has 7 nitrogen and oxygen atoms in total. The Morgan fingerprint density at radius 1 is 0.857 bits per heavy atom. The van der Waals surface area contributed by atoms with Crippen LogP contribution >= 0.6 is 15.2 Å². The fourth-order valence-electron chi connectivity index (χ4n) is 2.39. The molecule has 0 spiro atoms. The van der Waals surface area contributed by atoms with Crippen molar-refractivity contribution in [1.29, 1.82) is 0 Å². The van der Waals surface area contributed by atoms with Crippen molar-refractivity contribution in [1.82, 2.24) is 0 Å². The van der Waals surface area contributed by atoms with Gasteiger partial charge in [-0.15, -0.1) is 0 Å². The number of hydrogen-bond acceptors (Lipinski definition) is 7. The minimum absolute atomic E-state index is 0.114. The fourth-order valence-corrected chi connectivity index (χ4v) is 6.86. The minimum atomic E-state index is -3.88. The average Bonchev–Trinajstić information content (AvgIpc) is 2.66. The van der Waals surface area contributed by atoms with Gasteiger partial charge in [0.2, 0.25) is 0 Å². The zero-order valence-corrected chi connectivity index (χ0v) is 18.9. The summed E-state index contributed by atoms with van der Waals surface area (Å²) in [6.07, 6.45) is 4.76. The Labute approximate surface area is 167 Å². The van der Waals surface area contributed by atoms with Crippen LogP contribution in [0.1, 0.15) is 33.3 Å². The van der Waals surface area contributed by atoms with Crippen LogP contribution in [-0.4, -0.2) is 33.5 Å². The summed E-state index contributed by atoms with van der Waals surface area (Å²) < 4.78 is 53.6. The Kier molecular flexibility index (Phi) is 11.0. The Balaban J connectivity index is 3.47. The first-order valence-corrected chi connectivity index (χ1v) is 12.3. The van der Waals surface area contributed by atoms with Crippen molar-refractivity contribution in [2.45, 2.75) is 27.7 Å². The highest BCUT2D eigenvalue weighted by molar-refractivity contribution is 7.78. The molecule has 0 saturated carbocycles. The van der Waals surface area contributed by atoms with E-state index in [-0.39, 0.29) is 31.5 Å². The summed E-state index contributed by atoms with van der Waals surface area (Å²) in [6.45, 7) is 7.18. The van der Waals surface area contributed by atoms with E-state index in [0.29, 0.717) is 5.75 Å². The van der Waals surface area contributed by atoms with E-state index in [0.717, 1.165) is 5.56 Å². The fraction of sp³-hybridized carbons (Fsp3) is 0.474. The van der Waals surface area contributed by atoms with E-state index in [2.05, 4.69) is 0 Å². The van der Waals surface area contributed by atoms with E-state index in [1.165, 1.54) is 6.08 Å². The number of allylic oxidation sites excluding steroid dienone is 2. The predicted octanol–water partition coefficient (Wildman–Crippen LogP) is 6.08. The van der Waals surface area contributed by atoms with Crippen molar-refractivity contribution < 1.29 is 32.0 Å². The number of para-hydroxylation sites is 1. The summed E-state index contributed by atoms with van der Waals surface area (Å²) in [4.78, 5) is 0. The SMILES string of the molecule is CCOP(=O)(OCC)C(=C/C=C/c1ccccc1OC)P(=O)(OCC)OCC. The molecule has 1 aromatic rings. The number of methoxy groups -OCH3 is 1. The Morgan fingerprint density at radius 2 is 1.32 bits per heavy atom. The summed E-state index contributed by atoms with van der Waals surface area (Å²) in [5.41, 5.74) is 0.797. The molecule has 1 rings (SSSR count). The minimum Gasteiger partial charge on any atom is -0.496 e. The molecular weight excluding hydrogens is 402 g/mol. The first-order chi connectivity index (χ1) is 13.4. The molecule has 1 aromatic carbocycles. The lowest BCUT2D eigenvalue weighted by Crippen LogP contribution is -2.04. The topological polar surface area (TPSA) is 80.3 Å². The van der Waals surface area contributed by atoms with Gasteiger partial charge in [0, 0.05) is 5.56 Å². The highest BCUT2D eigenvalue weighted by Gasteiger charge is 2.44. The van der Waals surface area contributed by atoms with Gasteiger partial charge in [-0.3, -0.25) is 9.13 Å². The Bertz CT molecular complexity index is 706. The molecule has 0 fully saturated rings. The molecule has 0 heterocycles. The van der Waals surface area contributed by atoms with Crippen LogP contribution in [0.25, 0.3) is 6.08 Å². The van der Waals surface area contributed by atoms with Gasteiger partial charge in [-0.25, -0.2) is 0 Å². The molecule has 0 aliphatic rings. The van der Waals surface area contributed by atoms with Gasteiger partial charge < -0.3 is 22.8 Å². The molecule has 0 amide bonds. The Morgan fingerprint density at radius 3 is 1.75 bits per heavy atom. The zero-order chi connectivity index (χ0) is 21.0. The van der Waals surface area contributed by atoms with E-state index in [1.807, 2.05) is 24.3 Å². The van der Waals surface area contributed by atoms with Crippen molar-refractivity contribution >= 4 is 21.3 Å². The second-order valence-corrected chi connectivity index (χ2v) is 9.63. The van der Waals surface area contributed by atoms with Crippen LogP contribution in [0.2, 0.25) is 0 Å². The lowest BCUT2D eigenvalue weighted by Gasteiger charge is -2.25. The zero-order valence-electron chi connectivity index (χ0n) is 17.1. The molecule has 0 saturated heterocycles. The van der Waals surface area contributed by atoms with Gasteiger partial charge in [-0.1, -0.05) is 30.4 Å². The maximum absolute atomic E-state index is 13.4. The van der Waals surface area contributed by atoms with Crippen LogP contribution in [0, 0.1) is 0 Å². The molecule has 0 N–H and O–H groups in total. The van der Waals surface area contributed by atoms with Gasteiger partial charge in [-0.05, 0) is 39.8 Å².